The van der Waals surface area contributed by atoms with Gasteiger partial charge in [0.2, 0.25) is 0 Å². The lowest BCUT2D eigenvalue weighted by Crippen LogP contribution is -2.50. The van der Waals surface area contributed by atoms with Crippen LogP contribution >= 0.6 is 0 Å². The van der Waals surface area contributed by atoms with E-state index in [1.807, 2.05) is 37.4 Å². The van der Waals surface area contributed by atoms with Crippen LogP contribution in [0.2, 0.25) is 0 Å². The Morgan fingerprint density at radius 1 is 1.33 bits per heavy atom. The molecular formula is C15H23N3. The molecule has 0 aliphatic rings. The molecule has 0 amide bonds. The third-order valence-corrected chi connectivity index (χ3v) is 3.46. The third kappa shape index (κ3) is 3.10. The fourth-order valence-electron chi connectivity index (χ4n) is 2.16. The SMILES string of the molecule is CCN(CC(C#N)(NC)c1ccccc1)C(C)C. The molecule has 0 heterocycles. The molecule has 3 nitrogen and oxygen atoms in total. The van der Waals surface area contributed by atoms with Gasteiger partial charge < -0.3 is 0 Å². The van der Waals surface area contributed by atoms with E-state index in [1.165, 1.54) is 0 Å². The lowest BCUT2D eigenvalue weighted by Gasteiger charge is -2.35. The van der Waals surface area contributed by atoms with Crippen LogP contribution in [-0.4, -0.2) is 31.1 Å². The molecule has 1 aromatic rings. The maximum Gasteiger partial charge on any atom is 0.144 e. The minimum atomic E-state index is -0.637. The first kappa shape index (κ1) is 14.7. The fraction of sp³-hybridized carbons (Fsp3) is 0.533. The lowest BCUT2D eigenvalue weighted by atomic mass is 9.90. The van der Waals surface area contributed by atoms with Crippen molar-refractivity contribution in [3.05, 3.63) is 35.9 Å². The average Bonchev–Trinajstić information content (AvgIpc) is 2.41. The predicted octanol–water partition coefficient (Wildman–Crippen LogP) is 2.36. The van der Waals surface area contributed by atoms with Crippen molar-refractivity contribution in [2.45, 2.75) is 32.4 Å². The molecule has 0 saturated heterocycles. The predicted molar refractivity (Wildman–Crippen MR) is 75.2 cm³/mol. The second-order valence-electron chi connectivity index (χ2n) is 4.79. The van der Waals surface area contributed by atoms with Crippen LogP contribution in [0.5, 0.6) is 0 Å². The Morgan fingerprint density at radius 3 is 2.33 bits per heavy atom. The minimum absolute atomic E-state index is 0.430. The first-order valence-electron chi connectivity index (χ1n) is 6.49. The van der Waals surface area contributed by atoms with Gasteiger partial charge in [-0.3, -0.25) is 10.2 Å². The van der Waals surface area contributed by atoms with Crippen molar-refractivity contribution in [3.8, 4) is 6.07 Å². The highest BCUT2D eigenvalue weighted by molar-refractivity contribution is 5.32. The summed E-state index contributed by atoms with van der Waals surface area (Å²) in [5.41, 5.74) is 0.385. The Bertz CT molecular complexity index is 394. The average molecular weight is 245 g/mol. The van der Waals surface area contributed by atoms with Crippen LogP contribution in [0.4, 0.5) is 0 Å². The van der Waals surface area contributed by atoms with Gasteiger partial charge in [-0.05, 0) is 33.0 Å². The molecule has 0 aliphatic carbocycles. The first-order chi connectivity index (χ1) is 8.59. The normalized spacial score (nSPS) is 14.5. The minimum Gasteiger partial charge on any atom is -0.298 e. The Labute approximate surface area is 110 Å². The number of hydrogen-bond acceptors (Lipinski definition) is 3. The van der Waals surface area contributed by atoms with E-state index in [0.717, 1.165) is 12.1 Å². The van der Waals surface area contributed by atoms with Crippen molar-refractivity contribution >= 4 is 0 Å². The number of nitrogens with zero attached hydrogens (tertiary/aromatic N) is 2. The molecule has 1 N–H and O–H groups in total. The number of nitrogens with one attached hydrogen (secondary N) is 1. The summed E-state index contributed by atoms with van der Waals surface area (Å²) in [7, 11) is 1.85. The van der Waals surface area contributed by atoms with Gasteiger partial charge in [0.05, 0.1) is 6.07 Å². The maximum absolute atomic E-state index is 9.62. The Morgan fingerprint density at radius 2 is 1.94 bits per heavy atom. The van der Waals surface area contributed by atoms with E-state index in [4.69, 9.17) is 0 Å². The topological polar surface area (TPSA) is 39.1 Å². The highest BCUT2D eigenvalue weighted by Gasteiger charge is 2.32. The number of hydrogen-bond donors (Lipinski definition) is 1. The monoisotopic (exact) mass is 245 g/mol. The molecule has 0 spiro atoms. The summed E-state index contributed by atoms with van der Waals surface area (Å²) in [4.78, 5) is 2.30. The Balaban J connectivity index is 3.06. The van der Waals surface area contributed by atoms with E-state index in [0.29, 0.717) is 12.6 Å². The Hall–Kier alpha value is -1.37. The van der Waals surface area contributed by atoms with Gasteiger partial charge in [-0.1, -0.05) is 37.3 Å². The summed E-state index contributed by atoms with van der Waals surface area (Å²) in [5.74, 6) is 0. The van der Waals surface area contributed by atoms with Gasteiger partial charge >= 0.3 is 0 Å². The number of rotatable bonds is 6. The van der Waals surface area contributed by atoms with Crippen molar-refractivity contribution in [2.75, 3.05) is 20.1 Å². The summed E-state index contributed by atoms with van der Waals surface area (Å²) < 4.78 is 0. The molecule has 3 heteroatoms. The molecule has 98 valence electrons. The summed E-state index contributed by atoms with van der Waals surface area (Å²) in [6.07, 6.45) is 0. The van der Waals surface area contributed by atoms with E-state index in [1.54, 1.807) is 0 Å². The molecule has 1 aromatic carbocycles. The third-order valence-electron chi connectivity index (χ3n) is 3.46. The molecule has 0 radical (unpaired) electrons. The van der Waals surface area contributed by atoms with Gasteiger partial charge in [0, 0.05) is 12.6 Å². The zero-order chi connectivity index (χ0) is 13.6. The van der Waals surface area contributed by atoms with Crippen LogP contribution < -0.4 is 5.32 Å². The van der Waals surface area contributed by atoms with Crippen LogP contribution in [0.1, 0.15) is 26.3 Å². The number of nitriles is 1. The van der Waals surface area contributed by atoms with Gasteiger partial charge in [0.15, 0.2) is 0 Å². The van der Waals surface area contributed by atoms with E-state index in [-0.39, 0.29) is 0 Å². The van der Waals surface area contributed by atoms with Crippen LogP contribution in [0.25, 0.3) is 0 Å². The van der Waals surface area contributed by atoms with Gasteiger partial charge in [0.25, 0.3) is 0 Å². The molecule has 0 bridgehead atoms. The summed E-state index contributed by atoms with van der Waals surface area (Å²) in [6, 6.07) is 12.8. The van der Waals surface area contributed by atoms with Gasteiger partial charge in [-0.25, -0.2) is 0 Å². The van der Waals surface area contributed by atoms with E-state index < -0.39 is 5.54 Å². The highest BCUT2D eigenvalue weighted by Crippen LogP contribution is 2.22. The molecule has 1 rings (SSSR count). The van der Waals surface area contributed by atoms with Crippen LogP contribution in [0, 0.1) is 11.3 Å². The van der Waals surface area contributed by atoms with E-state index in [2.05, 4.69) is 37.1 Å². The van der Waals surface area contributed by atoms with Crippen LogP contribution in [0.15, 0.2) is 30.3 Å². The van der Waals surface area contributed by atoms with Gasteiger partial charge in [-0.15, -0.1) is 0 Å². The van der Waals surface area contributed by atoms with Crippen molar-refractivity contribution in [1.82, 2.24) is 10.2 Å². The fourth-order valence-corrected chi connectivity index (χ4v) is 2.16. The lowest BCUT2D eigenvalue weighted by molar-refractivity contribution is 0.185. The number of benzene rings is 1. The number of likely N-dealkylation sites (N-methyl/N-ethyl adjacent to an activating group) is 2. The zero-order valence-electron chi connectivity index (χ0n) is 11.8. The Kier molecular flexibility index (Phi) is 5.33. The van der Waals surface area contributed by atoms with Crippen LogP contribution in [-0.2, 0) is 5.54 Å². The van der Waals surface area contributed by atoms with Gasteiger partial charge in [-0.2, -0.15) is 5.26 Å². The molecule has 1 atom stereocenters. The molecule has 0 fully saturated rings. The van der Waals surface area contributed by atoms with Gasteiger partial charge in [0.1, 0.15) is 5.54 Å². The summed E-state index contributed by atoms with van der Waals surface area (Å²) in [6.45, 7) is 8.08. The van der Waals surface area contributed by atoms with Crippen molar-refractivity contribution in [2.24, 2.45) is 0 Å². The molecule has 1 unspecified atom stereocenters. The second kappa shape index (κ2) is 6.53. The van der Waals surface area contributed by atoms with Crippen LogP contribution in [0.3, 0.4) is 0 Å². The molecule has 0 aliphatic heterocycles. The molecular weight excluding hydrogens is 222 g/mol. The quantitative estimate of drug-likeness (QED) is 0.836. The largest absolute Gasteiger partial charge is 0.298 e. The van der Waals surface area contributed by atoms with Crippen molar-refractivity contribution in [3.63, 3.8) is 0 Å². The van der Waals surface area contributed by atoms with E-state index in [9.17, 15) is 5.26 Å². The maximum atomic E-state index is 9.62. The molecule has 0 saturated carbocycles. The summed E-state index contributed by atoms with van der Waals surface area (Å²) >= 11 is 0. The van der Waals surface area contributed by atoms with Crippen molar-refractivity contribution < 1.29 is 0 Å². The van der Waals surface area contributed by atoms with Crippen molar-refractivity contribution in [1.29, 1.82) is 5.26 Å². The van der Waals surface area contributed by atoms with E-state index >= 15 is 0 Å². The second-order valence-corrected chi connectivity index (χ2v) is 4.79. The standard InChI is InChI=1S/C15H23N3/c1-5-18(13(2)3)12-15(11-16,17-4)14-9-7-6-8-10-14/h6-10,13,17H,5,12H2,1-4H3. The zero-order valence-corrected chi connectivity index (χ0v) is 11.8. The smallest absolute Gasteiger partial charge is 0.144 e. The summed E-state index contributed by atoms with van der Waals surface area (Å²) in [5, 5.41) is 12.8. The highest BCUT2D eigenvalue weighted by atomic mass is 15.2. The molecule has 0 aromatic heterocycles. The first-order valence-corrected chi connectivity index (χ1v) is 6.49. The molecule has 18 heavy (non-hydrogen) atoms.